The Bertz CT molecular complexity index is 515. The molecule has 0 aliphatic carbocycles. The molecule has 0 spiro atoms. The van der Waals surface area contributed by atoms with Gasteiger partial charge < -0.3 is 4.74 Å². The Morgan fingerprint density at radius 1 is 1.33 bits per heavy atom. The standard InChI is InChI=1S/C13H12Cl2F3NO2/c14-7-9(11(19)21-12(20)13(16,17)18)4-1-8-2-5-10(15)6-3-8/h2-3,5-7,11H,1,4,19H2/b9-7+. The van der Waals surface area contributed by atoms with Crippen molar-refractivity contribution in [2.45, 2.75) is 25.2 Å². The van der Waals surface area contributed by atoms with Crippen LogP contribution in [0.15, 0.2) is 35.4 Å². The molecule has 0 aliphatic heterocycles. The first-order valence-corrected chi connectivity index (χ1v) is 6.62. The molecule has 0 fully saturated rings. The molecule has 1 rings (SSSR count). The lowest BCUT2D eigenvalue weighted by molar-refractivity contribution is -0.203. The Morgan fingerprint density at radius 2 is 1.90 bits per heavy atom. The lowest BCUT2D eigenvalue weighted by Gasteiger charge is -2.17. The van der Waals surface area contributed by atoms with E-state index in [0.717, 1.165) is 11.1 Å². The van der Waals surface area contributed by atoms with Gasteiger partial charge in [-0.25, -0.2) is 4.79 Å². The van der Waals surface area contributed by atoms with E-state index in [1.54, 1.807) is 24.3 Å². The van der Waals surface area contributed by atoms with Crippen LogP contribution in [0.25, 0.3) is 0 Å². The Balaban J connectivity index is 2.59. The zero-order valence-electron chi connectivity index (χ0n) is 10.7. The summed E-state index contributed by atoms with van der Waals surface area (Å²) in [5, 5.41) is 0.572. The minimum absolute atomic E-state index is 0.184. The number of nitrogens with two attached hydrogens (primary N) is 1. The zero-order chi connectivity index (χ0) is 16.0. The quantitative estimate of drug-likeness (QED) is 0.654. The van der Waals surface area contributed by atoms with Crippen LogP contribution in [-0.4, -0.2) is 18.4 Å². The van der Waals surface area contributed by atoms with Crippen molar-refractivity contribution >= 4 is 29.2 Å². The SMILES string of the molecule is NC(OC(=O)C(F)(F)F)/C(=C/Cl)CCc1ccc(Cl)cc1. The van der Waals surface area contributed by atoms with E-state index in [2.05, 4.69) is 4.74 Å². The van der Waals surface area contributed by atoms with Crippen molar-refractivity contribution in [3.05, 3.63) is 46.0 Å². The smallest absolute Gasteiger partial charge is 0.436 e. The topological polar surface area (TPSA) is 52.3 Å². The number of hydrogen-bond donors (Lipinski definition) is 1. The third kappa shape index (κ3) is 5.95. The summed E-state index contributed by atoms with van der Waals surface area (Å²) in [6.07, 6.45) is -5.92. The van der Waals surface area contributed by atoms with Crippen LogP contribution in [-0.2, 0) is 16.0 Å². The first-order valence-electron chi connectivity index (χ1n) is 5.81. The van der Waals surface area contributed by atoms with Crippen molar-refractivity contribution < 1.29 is 22.7 Å². The fourth-order valence-corrected chi connectivity index (χ4v) is 1.82. The summed E-state index contributed by atoms with van der Waals surface area (Å²) in [5.74, 6) is -2.35. The third-order valence-electron chi connectivity index (χ3n) is 2.59. The molecular weight excluding hydrogens is 330 g/mol. The zero-order valence-corrected chi connectivity index (χ0v) is 12.2. The molecule has 0 saturated carbocycles. The summed E-state index contributed by atoms with van der Waals surface area (Å²) in [6.45, 7) is 0. The minimum atomic E-state index is -5.09. The lowest BCUT2D eigenvalue weighted by atomic mass is 10.0. The van der Waals surface area contributed by atoms with E-state index in [-0.39, 0.29) is 12.0 Å². The monoisotopic (exact) mass is 341 g/mol. The highest BCUT2D eigenvalue weighted by atomic mass is 35.5. The van der Waals surface area contributed by atoms with Crippen LogP contribution in [0, 0.1) is 0 Å². The minimum Gasteiger partial charge on any atom is -0.436 e. The van der Waals surface area contributed by atoms with Crippen LogP contribution >= 0.6 is 23.2 Å². The van der Waals surface area contributed by atoms with Crippen molar-refractivity contribution in [2.75, 3.05) is 0 Å². The van der Waals surface area contributed by atoms with Crippen molar-refractivity contribution in [1.29, 1.82) is 0 Å². The number of halogens is 5. The van der Waals surface area contributed by atoms with E-state index < -0.39 is 18.4 Å². The first-order chi connectivity index (χ1) is 9.74. The van der Waals surface area contributed by atoms with Gasteiger partial charge in [-0.05, 0) is 36.1 Å². The highest BCUT2D eigenvalue weighted by Gasteiger charge is 2.42. The molecule has 8 heteroatoms. The van der Waals surface area contributed by atoms with Crippen LogP contribution in [0.5, 0.6) is 0 Å². The maximum absolute atomic E-state index is 12.1. The van der Waals surface area contributed by atoms with Crippen LogP contribution in [0.2, 0.25) is 5.02 Å². The van der Waals surface area contributed by atoms with Gasteiger partial charge in [0, 0.05) is 10.6 Å². The predicted molar refractivity (Wildman–Crippen MR) is 73.8 cm³/mol. The third-order valence-corrected chi connectivity index (χ3v) is 3.12. The van der Waals surface area contributed by atoms with Crippen LogP contribution < -0.4 is 5.73 Å². The number of aryl methyl sites for hydroxylation is 1. The fraction of sp³-hybridized carbons (Fsp3) is 0.308. The molecule has 1 aromatic rings. The normalized spacial score (nSPS) is 13.9. The van der Waals surface area contributed by atoms with Gasteiger partial charge in [-0.1, -0.05) is 35.3 Å². The van der Waals surface area contributed by atoms with Crippen LogP contribution in [0.3, 0.4) is 0 Å². The van der Waals surface area contributed by atoms with Gasteiger partial charge in [0.15, 0.2) is 6.23 Å². The maximum Gasteiger partial charge on any atom is 0.490 e. The highest BCUT2D eigenvalue weighted by molar-refractivity contribution is 6.30. The van der Waals surface area contributed by atoms with E-state index >= 15 is 0 Å². The Morgan fingerprint density at radius 3 is 2.38 bits per heavy atom. The molecule has 1 aromatic carbocycles. The summed E-state index contributed by atoms with van der Waals surface area (Å²) in [6, 6.07) is 6.90. The van der Waals surface area contributed by atoms with Gasteiger partial charge in [0.25, 0.3) is 0 Å². The molecule has 0 bridgehead atoms. The summed E-state index contributed by atoms with van der Waals surface area (Å²) in [7, 11) is 0. The second-order valence-electron chi connectivity index (χ2n) is 4.13. The average Bonchev–Trinajstić information content (AvgIpc) is 2.40. The second-order valence-corrected chi connectivity index (χ2v) is 4.79. The first kappa shape index (κ1) is 17.8. The van der Waals surface area contributed by atoms with Gasteiger partial charge in [-0.2, -0.15) is 13.2 Å². The molecule has 0 saturated heterocycles. The molecule has 116 valence electrons. The number of ether oxygens (including phenoxy) is 1. The number of carbonyl (C=O) groups is 1. The summed E-state index contributed by atoms with van der Waals surface area (Å²) < 4.78 is 40.3. The summed E-state index contributed by atoms with van der Waals surface area (Å²) in [4.78, 5) is 10.7. The molecule has 2 N–H and O–H groups in total. The molecule has 21 heavy (non-hydrogen) atoms. The van der Waals surface area contributed by atoms with Gasteiger partial charge in [-0.15, -0.1) is 0 Å². The van der Waals surface area contributed by atoms with Crippen molar-refractivity contribution in [1.82, 2.24) is 0 Å². The van der Waals surface area contributed by atoms with Gasteiger partial charge >= 0.3 is 12.1 Å². The fourth-order valence-electron chi connectivity index (χ4n) is 1.46. The summed E-state index contributed by atoms with van der Waals surface area (Å²) >= 11 is 11.3. The van der Waals surface area contributed by atoms with Gasteiger partial charge in [-0.3, -0.25) is 5.73 Å². The molecule has 0 aromatic heterocycles. The molecule has 0 radical (unpaired) electrons. The van der Waals surface area contributed by atoms with Crippen molar-refractivity contribution in [3.8, 4) is 0 Å². The highest BCUT2D eigenvalue weighted by Crippen LogP contribution is 2.20. The van der Waals surface area contributed by atoms with E-state index in [1.165, 1.54) is 0 Å². The predicted octanol–water partition coefficient (Wildman–Crippen LogP) is 3.79. The van der Waals surface area contributed by atoms with Crippen LogP contribution in [0.4, 0.5) is 13.2 Å². The van der Waals surface area contributed by atoms with Gasteiger partial charge in [0.05, 0.1) is 0 Å². The number of esters is 1. The van der Waals surface area contributed by atoms with Crippen LogP contribution in [0.1, 0.15) is 12.0 Å². The average molecular weight is 342 g/mol. The Kier molecular flexibility index (Phi) is 6.51. The number of carbonyl (C=O) groups excluding carboxylic acids is 1. The van der Waals surface area contributed by atoms with Crippen molar-refractivity contribution in [2.24, 2.45) is 5.73 Å². The number of alkyl halides is 3. The number of benzene rings is 1. The Hall–Kier alpha value is -1.24. The van der Waals surface area contributed by atoms with E-state index in [4.69, 9.17) is 28.9 Å². The lowest BCUT2D eigenvalue weighted by Crippen LogP contribution is -2.35. The molecule has 0 amide bonds. The van der Waals surface area contributed by atoms with E-state index in [9.17, 15) is 18.0 Å². The molecule has 0 aliphatic rings. The maximum atomic E-state index is 12.1. The Labute approximate surface area is 129 Å². The van der Waals surface area contributed by atoms with Crippen molar-refractivity contribution in [3.63, 3.8) is 0 Å². The second kappa shape index (κ2) is 7.68. The van der Waals surface area contributed by atoms with E-state index in [0.29, 0.717) is 11.4 Å². The molecule has 3 nitrogen and oxygen atoms in total. The molecule has 0 heterocycles. The molecular formula is C13H12Cl2F3NO2. The number of hydrogen-bond acceptors (Lipinski definition) is 3. The molecule has 1 unspecified atom stereocenters. The van der Waals surface area contributed by atoms with Gasteiger partial charge in [0.1, 0.15) is 0 Å². The number of rotatable bonds is 5. The van der Waals surface area contributed by atoms with E-state index in [1.807, 2.05) is 0 Å². The molecule has 1 atom stereocenters. The largest absolute Gasteiger partial charge is 0.490 e. The van der Waals surface area contributed by atoms with Gasteiger partial charge in [0.2, 0.25) is 0 Å². The summed E-state index contributed by atoms with van der Waals surface area (Å²) in [5.41, 5.74) is 7.49.